The lowest BCUT2D eigenvalue weighted by Crippen LogP contribution is -2.50. The molecule has 1 aliphatic rings. The number of ether oxygens (including phenoxy) is 1. The molecule has 1 fully saturated rings. The van der Waals surface area contributed by atoms with Gasteiger partial charge in [0.25, 0.3) is 5.91 Å². The van der Waals surface area contributed by atoms with Gasteiger partial charge in [-0.1, -0.05) is 16.8 Å². The number of rotatable bonds is 6. The molecule has 32 heavy (non-hydrogen) atoms. The summed E-state index contributed by atoms with van der Waals surface area (Å²) in [6, 6.07) is 14.9. The fourth-order valence-corrected chi connectivity index (χ4v) is 4.99. The van der Waals surface area contributed by atoms with E-state index in [1.54, 1.807) is 47.4 Å². The summed E-state index contributed by atoms with van der Waals surface area (Å²) in [5, 5.41) is 4.49. The van der Waals surface area contributed by atoms with Crippen LogP contribution < -0.4 is 4.74 Å². The first-order valence-electron chi connectivity index (χ1n) is 10.1. The van der Waals surface area contributed by atoms with Crippen LogP contribution in [0.1, 0.15) is 17.4 Å². The Morgan fingerprint density at radius 3 is 2.34 bits per heavy atom. The van der Waals surface area contributed by atoms with Crippen LogP contribution in [0.2, 0.25) is 5.02 Å². The molecule has 2 aromatic carbocycles. The summed E-state index contributed by atoms with van der Waals surface area (Å²) in [5.41, 5.74) is 0.935. The van der Waals surface area contributed by atoms with Gasteiger partial charge in [-0.25, -0.2) is 8.42 Å². The Morgan fingerprint density at radius 2 is 1.72 bits per heavy atom. The molecule has 0 saturated carbocycles. The number of benzene rings is 2. The van der Waals surface area contributed by atoms with Gasteiger partial charge in [0.15, 0.2) is 11.5 Å². The summed E-state index contributed by atoms with van der Waals surface area (Å²) in [4.78, 5) is 14.6. The predicted octanol–water partition coefficient (Wildman–Crippen LogP) is 3.54. The normalized spacial score (nSPS) is 15.0. The standard InChI is InChI=1S/C22H22ClN3O5S/c1-2-30-18-7-9-19(10-8-18)32(28,29)26-13-11-25(12-14-26)22(27)20-15-21(31-24-20)16-3-5-17(23)6-4-16/h3-10,15H,2,11-14H2,1H3. The molecular weight excluding hydrogens is 454 g/mol. The van der Waals surface area contributed by atoms with Crippen LogP contribution in [0.3, 0.4) is 0 Å². The average Bonchev–Trinajstić information content (AvgIpc) is 3.30. The van der Waals surface area contributed by atoms with Gasteiger partial charge in [0.1, 0.15) is 5.75 Å². The average molecular weight is 476 g/mol. The molecule has 4 rings (SSSR count). The van der Waals surface area contributed by atoms with Gasteiger partial charge >= 0.3 is 0 Å². The molecule has 10 heteroatoms. The SMILES string of the molecule is CCOc1ccc(S(=O)(=O)N2CCN(C(=O)c3cc(-c4ccc(Cl)cc4)on3)CC2)cc1. The van der Waals surface area contributed by atoms with Gasteiger partial charge in [0, 0.05) is 42.8 Å². The minimum atomic E-state index is -3.65. The monoisotopic (exact) mass is 475 g/mol. The van der Waals surface area contributed by atoms with Gasteiger partial charge in [0.2, 0.25) is 10.0 Å². The van der Waals surface area contributed by atoms with Crippen LogP contribution >= 0.6 is 11.6 Å². The van der Waals surface area contributed by atoms with Gasteiger partial charge in [-0.05, 0) is 55.5 Å². The third-order valence-corrected chi connectivity index (χ3v) is 7.32. The molecule has 0 unspecified atom stereocenters. The topological polar surface area (TPSA) is 93.0 Å². The van der Waals surface area contributed by atoms with E-state index in [0.29, 0.717) is 23.1 Å². The van der Waals surface area contributed by atoms with Crippen LogP contribution in [-0.4, -0.2) is 61.5 Å². The van der Waals surface area contributed by atoms with Gasteiger partial charge in [-0.2, -0.15) is 4.31 Å². The molecule has 0 N–H and O–H groups in total. The van der Waals surface area contributed by atoms with Gasteiger partial charge < -0.3 is 14.2 Å². The summed E-state index contributed by atoms with van der Waals surface area (Å²) in [6.45, 7) is 3.29. The molecule has 0 radical (unpaired) electrons. The minimum absolute atomic E-state index is 0.178. The van der Waals surface area contributed by atoms with E-state index < -0.39 is 10.0 Å². The molecule has 168 valence electrons. The first-order valence-corrected chi connectivity index (χ1v) is 11.9. The molecule has 1 aliphatic heterocycles. The van der Waals surface area contributed by atoms with E-state index >= 15 is 0 Å². The number of amides is 1. The van der Waals surface area contributed by atoms with E-state index in [2.05, 4.69) is 5.16 Å². The Bertz CT molecular complexity index is 1190. The zero-order valence-electron chi connectivity index (χ0n) is 17.4. The third-order valence-electron chi connectivity index (χ3n) is 5.16. The highest BCUT2D eigenvalue weighted by molar-refractivity contribution is 7.89. The summed E-state index contributed by atoms with van der Waals surface area (Å²) in [7, 11) is -3.65. The summed E-state index contributed by atoms with van der Waals surface area (Å²) >= 11 is 5.90. The smallest absolute Gasteiger partial charge is 0.276 e. The lowest BCUT2D eigenvalue weighted by atomic mass is 10.1. The van der Waals surface area contributed by atoms with Crippen LogP contribution in [0.15, 0.2) is 64.0 Å². The van der Waals surface area contributed by atoms with Gasteiger partial charge in [-0.15, -0.1) is 0 Å². The Hall–Kier alpha value is -2.88. The Morgan fingerprint density at radius 1 is 1.06 bits per heavy atom. The first kappa shape index (κ1) is 22.3. The van der Waals surface area contributed by atoms with Gasteiger partial charge in [0.05, 0.1) is 11.5 Å². The quantitative estimate of drug-likeness (QED) is 0.541. The number of carbonyl (C=O) groups excluding carboxylic acids is 1. The zero-order valence-corrected chi connectivity index (χ0v) is 19.0. The first-order chi connectivity index (χ1) is 15.4. The second kappa shape index (κ2) is 9.32. The maximum absolute atomic E-state index is 12.9. The maximum Gasteiger partial charge on any atom is 0.276 e. The molecule has 0 atom stereocenters. The van der Waals surface area contributed by atoms with Crippen molar-refractivity contribution in [3.05, 3.63) is 65.3 Å². The molecule has 0 aliphatic carbocycles. The van der Waals surface area contributed by atoms with Crippen molar-refractivity contribution in [1.82, 2.24) is 14.4 Å². The van der Waals surface area contributed by atoms with Crippen molar-refractivity contribution in [2.24, 2.45) is 0 Å². The lowest BCUT2D eigenvalue weighted by molar-refractivity contribution is 0.0687. The van der Waals surface area contributed by atoms with Crippen molar-refractivity contribution in [2.45, 2.75) is 11.8 Å². The number of aromatic nitrogens is 1. The van der Waals surface area contributed by atoms with E-state index in [9.17, 15) is 13.2 Å². The summed E-state index contributed by atoms with van der Waals surface area (Å²) < 4.78 is 37.9. The Labute approximate surface area is 191 Å². The van der Waals surface area contributed by atoms with Gasteiger partial charge in [-0.3, -0.25) is 4.79 Å². The van der Waals surface area contributed by atoms with Crippen LogP contribution in [0, 0.1) is 0 Å². The number of carbonyl (C=O) groups is 1. The highest BCUT2D eigenvalue weighted by atomic mass is 35.5. The fraction of sp³-hybridized carbons (Fsp3) is 0.273. The Balaban J connectivity index is 1.40. The van der Waals surface area contributed by atoms with E-state index in [-0.39, 0.29) is 42.7 Å². The highest BCUT2D eigenvalue weighted by Crippen LogP contribution is 2.24. The number of piperazine rings is 1. The molecule has 3 aromatic rings. The Kier molecular flexibility index (Phi) is 6.50. The van der Waals surface area contributed by atoms with E-state index in [4.69, 9.17) is 20.9 Å². The molecule has 1 aromatic heterocycles. The van der Waals surface area contributed by atoms with Crippen LogP contribution in [0.4, 0.5) is 0 Å². The molecule has 1 saturated heterocycles. The number of halogens is 1. The lowest BCUT2D eigenvalue weighted by Gasteiger charge is -2.33. The third kappa shape index (κ3) is 4.64. The van der Waals surface area contributed by atoms with Crippen LogP contribution in [0.5, 0.6) is 5.75 Å². The molecule has 0 spiro atoms. The van der Waals surface area contributed by atoms with E-state index in [1.807, 2.05) is 6.92 Å². The molecular formula is C22H22ClN3O5S. The predicted molar refractivity (Wildman–Crippen MR) is 119 cm³/mol. The van der Waals surface area contributed by atoms with Crippen molar-refractivity contribution in [3.8, 4) is 17.1 Å². The number of nitrogens with zero attached hydrogens (tertiary/aromatic N) is 3. The molecule has 8 nitrogen and oxygen atoms in total. The largest absolute Gasteiger partial charge is 0.494 e. The van der Waals surface area contributed by atoms with Crippen molar-refractivity contribution < 1.29 is 22.5 Å². The number of hydrogen-bond donors (Lipinski definition) is 0. The molecule has 2 heterocycles. The second-order valence-electron chi connectivity index (χ2n) is 7.18. The molecule has 1 amide bonds. The molecule has 0 bridgehead atoms. The van der Waals surface area contributed by atoms with E-state index in [0.717, 1.165) is 5.56 Å². The maximum atomic E-state index is 12.9. The van der Waals surface area contributed by atoms with Crippen molar-refractivity contribution in [3.63, 3.8) is 0 Å². The zero-order chi connectivity index (χ0) is 22.7. The summed E-state index contributed by atoms with van der Waals surface area (Å²) in [5.74, 6) is 0.779. The summed E-state index contributed by atoms with van der Waals surface area (Å²) in [6.07, 6.45) is 0. The van der Waals surface area contributed by atoms with Crippen molar-refractivity contribution >= 4 is 27.5 Å². The van der Waals surface area contributed by atoms with E-state index in [1.165, 1.54) is 16.4 Å². The van der Waals surface area contributed by atoms with Crippen LogP contribution in [-0.2, 0) is 10.0 Å². The van der Waals surface area contributed by atoms with Crippen LogP contribution in [0.25, 0.3) is 11.3 Å². The minimum Gasteiger partial charge on any atom is -0.494 e. The van der Waals surface area contributed by atoms with Crippen molar-refractivity contribution in [2.75, 3.05) is 32.8 Å². The van der Waals surface area contributed by atoms with Crippen molar-refractivity contribution in [1.29, 1.82) is 0 Å². The highest BCUT2D eigenvalue weighted by Gasteiger charge is 2.31. The number of hydrogen-bond acceptors (Lipinski definition) is 6. The number of sulfonamides is 1. The fourth-order valence-electron chi connectivity index (χ4n) is 3.44. The second-order valence-corrected chi connectivity index (χ2v) is 9.56.